The van der Waals surface area contributed by atoms with Gasteiger partial charge in [0.25, 0.3) is 0 Å². The first-order valence-electron chi connectivity index (χ1n) is 7.44. The largest absolute Gasteiger partial charge is 0.136 e. The van der Waals surface area contributed by atoms with Crippen molar-refractivity contribution < 1.29 is 0 Å². The third-order valence-electron chi connectivity index (χ3n) is 4.02. The molecule has 108 valence electrons. The van der Waals surface area contributed by atoms with E-state index < -0.39 is 0 Å². The lowest BCUT2D eigenvalue weighted by Crippen LogP contribution is -1.84. The number of fused-ring (bicyclic) bond motifs is 3. The summed E-state index contributed by atoms with van der Waals surface area (Å²) < 4.78 is 2.51. The van der Waals surface area contributed by atoms with E-state index in [9.17, 15) is 0 Å². The first-order valence-corrected chi connectivity index (χ1v) is 9.05. The van der Waals surface area contributed by atoms with Gasteiger partial charge in [-0.05, 0) is 59.2 Å². The van der Waals surface area contributed by atoms with E-state index in [-0.39, 0.29) is 0 Å². The summed E-state index contributed by atoms with van der Waals surface area (Å²) in [4.78, 5) is 1.39. The molecule has 0 saturated carbocycles. The van der Waals surface area contributed by atoms with Crippen molar-refractivity contribution in [3.8, 4) is 0 Å². The SMILES string of the molecule is BrC1=CC(c2ccc3sc4c(c3c2)CC=CC=C4)=CCC=C1. The maximum atomic E-state index is 3.61. The molecule has 0 aliphatic heterocycles. The fraction of sp³-hybridized carbons (Fsp3) is 0.100. The third-order valence-corrected chi connectivity index (χ3v) is 5.69. The van der Waals surface area contributed by atoms with E-state index in [0.29, 0.717) is 0 Å². The van der Waals surface area contributed by atoms with Crippen molar-refractivity contribution in [2.24, 2.45) is 0 Å². The van der Waals surface area contributed by atoms with Crippen LogP contribution in [-0.4, -0.2) is 0 Å². The molecule has 0 saturated heterocycles. The lowest BCUT2D eigenvalue weighted by Gasteiger charge is -2.04. The molecule has 1 aromatic carbocycles. The maximum absolute atomic E-state index is 3.61. The minimum absolute atomic E-state index is 0.978. The lowest BCUT2D eigenvalue weighted by atomic mass is 10.00. The van der Waals surface area contributed by atoms with Crippen molar-refractivity contribution in [3.63, 3.8) is 0 Å². The van der Waals surface area contributed by atoms with Gasteiger partial charge in [-0.25, -0.2) is 0 Å². The van der Waals surface area contributed by atoms with Crippen LogP contribution in [0.2, 0.25) is 0 Å². The zero-order chi connectivity index (χ0) is 14.9. The summed E-state index contributed by atoms with van der Waals surface area (Å²) >= 11 is 5.50. The Labute approximate surface area is 143 Å². The number of rotatable bonds is 1. The highest BCUT2D eigenvalue weighted by molar-refractivity contribution is 9.11. The van der Waals surface area contributed by atoms with Crippen LogP contribution in [-0.2, 0) is 6.42 Å². The fourth-order valence-electron chi connectivity index (χ4n) is 2.93. The van der Waals surface area contributed by atoms with Gasteiger partial charge < -0.3 is 0 Å². The van der Waals surface area contributed by atoms with Crippen LogP contribution in [0.5, 0.6) is 0 Å². The monoisotopic (exact) mass is 366 g/mol. The molecule has 1 heterocycles. The molecule has 0 fully saturated rings. The number of hydrogen-bond donors (Lipinski definition) is 0. The van der Waals surface area contributed by atoms with Gasteiger partial charge in [-0.15, -0.1) is 11.3 Å². The van der Waals surface area contributed by atoms with Crippen LogP contribution in [0.25, 0.3) is 21.7 Å². The van der Waals surface area contributed by atoms with Gasteiger partial charge in [0.2, 0.25) is 0 Å². The van der Waals surface area contributed by atoms with Crippen LogP contribution < -0.4 is 0 Å². The molecule has 0 unspecified atom stereocenters. The number of halogens is 1. The molecule has 0 N–H and O–H groups in total. The van der Waals surface area contributed by atoms with Gasteiger partial charge in [0.05, 0.1) is 0 Å². The van der Waals surface area contributed by atoms with Gasteiger partial charge in [0.1, 0.15) is 0 Å². The van der Waals surface area contributed by atoms with Gasteiger partial charge in [-0.1, -0.05) is 58.5 Å². The van der Waals surface area contributed by atoms with Crippen molar-refractivity contribution in [2.75, 3.05) is 0 Å². The highest BCUT2D eigenvalue weighted by atomic mass is 79.9. The van der Waals surface area contributed by atoms with E-state index >= 15 is 0 Å². The second-order valence-corrected chi connectivity index (χ2v) is 7.47. The fourth-order valence-corrected chi connectivity index (χ4v) is 4.49. The zero-order valence-electron chi connectivity index (χ0n) is 12.1. The third kappa shape index (κ3) is 2.57. The average molecular weight is 367 g/mol. The van der Waals surface area contributed by atoms with E-state index in [1.54, 1.807) is 0 Å². The topological polar surface area (TPSA) is 0 Å². The minimum atomic E-state index is 0.978. The Kier molecular flexibility index (Phi) is 3.73. The molecule has 1 aromatic heterocycles. The van der Waals surface area contributed by atoms with Crippen LogP contribution in [0.4, 0.5) is 0 Å². The normalized spacial score (nSPS) is 17.0. The van der Waals surface area contributed by atoms with E-state index in [1.165, 1.54) is 31.7 Å². The van der Waals surface area contributed by atoms with E-state index in [0.717, 1.165) is 17.3 Å². The molecule has 0 amide bonds. The van der Waals surface area contributed by atoms with E-state index in [1.807, 2.05) is 11.3 Å². The number of allylic oxidation sites excluding steroid dienone is 9. The van der Waals surface area contributed by atoms with Crippen LogP contribution in [0.1, 0.15) is 22.4 Å². The Hall–Kier alpha value is -1.64. The predicted octanol–water partition coefficient (Wildman–Crippen LogP) is 6.65. The molecule has 2 aliphatic rings. The Morgan fingerprint density at radius 3 is 2.95 bits per heavy atom. The summed E-state index contributed by atoms with van der Waals surface area (Å²) in [6, 6.07) is 6.86. The molecular formula is C20H15BrS. The quantitative estimate of drug-likeness (QED) is 0.529. The Balaban J connectivity index is 1.86. The highest BCUT2D eigenvalue weighted by Gasteiger charge is 2.12. The smallest absolute Gasteiger partial charge is 0.0352 e. The summed E-state index contributed by atoms with van der Waals surface area (Å²) in [6.07, 6.45) is 19.5. The standard InChI is InChI=1S/C20H15BrS/c21-16-7-5-4-6-14(12-16)15-10-11-20-18(13-15)17-8-2-1-3-9-19(17)22-20/h1-3,5-7,9-13H,4,8H2. The van der Waals surface area contributed by atoms with Crippen LogP contribution in [0.3, 0.4) is 0 Å². The number of benzene rings is 1. The first-order chi connectivity index (χ1) is 10.8. The molecule has 2 aliphatic carbocycles. The van der Waals surface area contributed by atoms with Crippen molar-refractivity contribution in [1.29, 1.82) is 0 Å². The minimum Gasteiger partial charge on any atom is -0.136 e. The predicted molar refractivity (Wildman–Crippen MR) is 102 cm³/mol. The first kappa shape index (κ1) is 14.0. The van der Waals surface area contributed by atoms with Crippen LogP contribution in [0.15, 0.2) is 65.2 Å². The molecule has 0 spiro atoms. The summed E-state index contributed by atoms with van der Waals surface area (Å²) in [5.74, 6) is 0. The van der Waals surface area contributed by atoms with Crippen molar-refractivity contribution in [2.45, 2.75) is 12.8 Å². The molecule has 0 bridgehead atoms. The van der Waals surface area contributed by atoms with Gasteiger partial charge in [-0.3, -0.25) is 0 Å². The Morgan fingerprint density at radius 2 is 2.00 bits per heavy atom. The van der Waals surface area contributed by atoms with E-state index in [2.05, 4.69) is 82.7 Å². The maximum Gasteiger partial charge on any atom is 0.0352 e. The molecule has 0 radical (unpaired) electrons. The second-order valence-electron chi connectivity index (χ2n) is 5.47. The average Bonchev–Trinajstić information content (AvgIpc) is 2.71. The molecule has 0 atom stereocenters. The van der Waals surface area contributed by atoms with Gasteiger partial charge in [0.15, 0.2) is 0 Å². The van der Waals surface area contributed by atoms with Crippen LogP contribution in [0, 0.1) is 0 Å². The van der Waals surface area contributed by atoms with Gasteiger partial charge in [0, 0.05) is 14.1 Å². The molecular weight excluding hydrogens is 352 g/mol. The number of hydrogen-bond acceptors (Lipinski definition) is 1. The molecule has 22 heavy (non-hydrogen) atoms. The molecule has 0 nitrogen and oxygen atoms in total. The summed E-state index contributed by atoms with van der Waals surface area (Å²) in [6.45, 7) is 0. The van der Waals surface area contributed by atoms with Crippen molar-refractivity contribution in [1.82, 2.24) is 0 Å². The molecule has 2 heteroatoms. The van der Waals surface area contributed by atoms with Crippen LogP contribution >= 0.6 is 27.3 Å². The summed E-state index contributed by atoms with van der Waals surface area (Å²) in [7, 11) is 0. The van der Waals surface area contributed by atoms with Gasteiger partial charge in [-0.2, -0.15) is 0 Å². The zero-order valence-corrected chi connectivity index (χ0v) is 14.5. The lowest BCUT2D eigenvalue weighted by molar-refractivity contribution is 1.32. The Bertz CT molecular complexity index is 888. The van der Waals surface area contributed by atoms with Crippen molar-refractivity contribution in [3.05, 3.63) is 81.2 Å². The molecule has 4 rings (SSSR count). The highest BCUT2D eigenvalue weighted by Crippen LogP contribution is 2.36. The van der Waals surface area contributed by atoms with E-state index in [4.69, 9.17) is 0 Å². The number of thiophene rings is 1. The summed E-state index contributed by atoms with van der Waals surface area (Å²) in [5.41, 5.74) is 4.05. The Morgan fingerprint density at radius 1 is 1.05 bits per heavy atom. The van der Waals surface area contributed by atoms with Gasteiger partial charge >= 0.3 is 0 Å². The second kappa shape index (κ2) is 5.86. The van der Waals surface area contributed by atoms with Crippen molar-refractivity contribution >= 4 is 49.0 Å². The summed E-state index contributed by atoms with van der Waals surface area (Å²) in [5, 5.41) is 1.40. The molecule has 2 aromatic rings.